The van der Waals surface area contributed by atoms with Gasteiger partial charge in [0, 0.05) is 6.42 Å². The molecule has 0 atom stereocenters. The quantitative estimate of drug-likeness (QED) is 0.567. The smallest absolute Gasteiger partial charge is 0.305 e. The van der Waals surface area contributed by atoms with Crippen molar-refractivity contribution in [2.45, 2.75) is 32.6 Å². The van der Waals surface area contributed by atoms with Gasteiger partial charge in [-0.25, -0.2) is 0 Å². The van der Waals surface area contributed by atoms with Crippen molar-refractivity contribution in [1.82, 2.24) is 5.32 Å². The van der Waals surface area contributed by atoms with E-state index in [2.05, 4.69) is 41.2 Å². The summed E-state index contributed by atoms with van der Waals surface area (Å²) in [5, 5.41) is 3.33. The zero-order valence-electron chi connectivity index (χ0n) is 11.4. The molecule has 0 spiro atoms. The van der Waals surface area contributed by atoms with Gasteiger partial charge in [0.25, 0.3) is 0 Å². The van der Waals surface area contributed by atoms with E-state index in [9.17, 15) is 4.79 Å². The monoisotopic (exact) mass is 249 g/mol. The van der Waals surface area contributed by atoms with Gasteiger partial charge in [0.05, 0.1) is 7.11 Å². The van der Waals surface area contributed by atoms with Crippen molar-refractivity contribution in [2.24, 2.45) is 0 Å². The van der Waals surface area contributed by atoms with E-state index in [0.717, 1.165) is 32.4 Å². The molecule has 0 fully saturated rings. The number of methoxy groups -OCH3 is 1. The van der Waals surface area contributed by atoms with Crippen molar-refractivity contribution >= 4 is 5.97 Å². The first-order chi connectivity index (χ1) is 8.76. The fraction of sp³-hybridized carbons (Fsp3) is 0.533. The number of benzene rings is 1. The molecule has 0 aliphatic carbocycles. The molecule has 0 saturated carbocycles. The van der Waals surface area contributed by atoms with Gasteiger partial charge in [0.2, 0.25) is 0 Å². The standard InChI is InChI=1S/C15H23NO2/c1-3-13-6-8-14(9-7-13)10-12-16-11-4-5-15(17)18-2/h6-9,16H,3-5,10-12H2,1-2H3. The number of aryl methyl sites for hydroxylation is 1. The van der Waals surface area contributed by atoms with Crippen LogP contribution < -0.4 is 5.32 Å². The van der Waals surface area contributed by atoms with Crippen LogP contribution >= 0.6 is 0 Å². The van der Waals surface area contributed by atoms with Gasteiger partial charge >= 0.3 is 5.97 Å². The van der Waals surface area contributed by atoms with Crippen LogP contribution in [0.1, 0.15) is 30.9 Å². The van der Waals surface area contributed by atoms with Gasteiger partial charge in [0.1, 0.15) is 0 Å². The zero-order chi connectivity index (χ0) is 13.2. The van der Waals surface area contributed by atoms with Crippen LogP contribution in [0.5, 0.6) is 0 Å². The van der Waals surface area contributed by atoms with Gasteiger partial charge in [0.15, 0.2) is 0 Å². The molecule has 0 aromatic heterocycles. The molecule has 3 nitrogen and oxygen atoms in total. The lowest BCUT2D eigenvalue weighted by molar-refractivity contribution is -0.140. The van der Waals surface area contributed by atoms with Crippen molar-refractivity contribution in [3.05, 3.63) is 35.4 Å². The highest BCUT2D eigenvalue weighted by Crippen LogP contribution is 2.05. The molecular weight excluding hydrogens is 226 g/mol. The summed E-state index contributed by atoms with van der Waals surface area (Å²) in [6.45, 7) is 3.98. The predicted octanol–water partition coefficient (Wildman–Crippen LogP) is 2.33. The van der Waals surface area contributed by atoms with Gasteiger partial charge in [-0.15, -0.1) is 0 Å². The summed E-state index contributed by atoms with van der Waals surface area (Å²) in [7, 11) is 1.43. The summed E-state index contributed by atoms with van der Waals surface area (Å²) in [6, 6.07) is 8.75. The van der Waals surface area contributed by atoms with Gasteiger partial charge in [-0.05, 0) is 43.5 Å². The van der Waals surface area contributed by atoms with E-state index < -0.39 is 0 Å². The third-order valence-electron chi connectivity index (χ3n) is 2.98. The Morgan fingerprint density at radius 3 is 2.44 bits per heavy atom. The molecule has 3 heteroatoms. The molecule has 1 N–H and O–H groups in total. The van der Waals surface area contributed by atoms with E-state index in [-0.39, 0.29) is 5.97 Å². The van der Waals surface area contributed by atoms with Crippen LogP contribution in [0.4, 0.5) is 0 Å². The molecule has 0 radical (unpaired) electrons. The van der Waals surface area contributed by atoms with Crippen molar-refractivity contribution < 1.29 is 9.53 Å². The maximum atomic E-state index is 10.9. The van der Waals surface area contributed by atoms with Crippen LogP contribution in [0.15, 0.2) is 24.3 Å². The van der Waals surface area contributed by atoms with Crippen molar-refractivity contribution in [3.8, 4) is 0 Å². The van der Waals surface area contributed by atoms with E-state index >= 15 is 0 Å². The lowest BCUT2D eigenvalue weighted by Crippen LogP contribution is -2.19. The molecule has 0 aliphatic heterocycles. The first kappa shape index (κ1) is 14.7. The molecule has 1 aromatic rings. The summed E-state index contributed by atoms with van der Waals surface area (Å²) >= 11 is 0. The average Bonchev–Trinajstić information content (AvgIpc) is 2.43. The van der Waals surface area contributed by atoms with E-state index in [4.69, 9.17) is 0 Å². The van der Waals surface area contributed by atoms with Gasteiger partial charge in [-0.1, -0.05) is 31.2 Å². The number of esters is 1. The molecule has 0 unspecified atom stereocenters. The van der Waals surface area contributed by atoms with Crippen LogP contribution in [-0.4, -0.2) is 26.2 Å². The molecule has 18 heavy (non-hydrogen) atoms. The summed E-state index contributed by atoms with van der Waals surface area (Å²) in [6.07, 6.45) is 3.45. The van der Waals surface area contributed by atoms with Crippen molar-refractivity contribution in [1.29, 1.82) is 0 Å². The highest BCUT2D eigenvalue weighted by molar-refractivity contribution is 5.69. The fourth-order valence-corrected chi connectivity index (χ4v) is 1.76. The maximum absolute atomic E-state index is 10.9. The third-order valence-corrected chi connectivity index (χ3v) is 2.98. The number of carbonyl (C=O) groups is 1. The van der Waals surface area contributed by atoms with Crippen LogP contribution in [-0.2, 0) is 22.4 Å². The molecule has 100 valence electrons. The normalized spacial score (nSPS) is 10.3. The third kappa shape index (κ3) is 5.82. The Labute approximate surface area is 110 Å². The van der Waals surface area contributed by atoms with Crippen LogP contribution in [0.2, 0.25) is 0 Å². The number of hydrogen-bond acceptors (Lipinski definition) is 3. The topological polar surface area (TPSA) is 38.3 Å². The zero-order valence-corrected chi connectivity index (χ0v) is 11.4. The van der Waals surface area contributed by atoms with E-state index in [0.29, 0.717) is 6.42 Å². The largest absolute Gasteiger partial charge is 0.469 e. The Bertz CT molecular complexity index is 346. The highest BCUT2D eigenvalue weighted by Gasteiger charge is 1.98. The highest BCUT2D eigenvalue weighted by atomic mass is 16.5. The lowest BCUT2D eigenvalue weighted by Gasteiger charge is -2.05. The second-order valence-corrected chi connectivity index (χ2v) is 4.35. The number of hydrogen-bond donors (Lipinski definition) is 1. The van der Waals surface area contributed by atoms with Crippen LogP contribution in [0.25, 0.3) is 0 Å². The SMILES string of the molecule is CCc1ccc(CCNCCCC(=O)OC)cc1. The minimum absolute atomic E-state index is 0.132. The Kier molecular flexibility index (Phi) is 7.11. The number of rotatable bonds is 8. The summed E-state index contributed by atoms with van der Waals surface area (Å²) in [5.74, 6) is -0.132. The van der Waals surface area contributed by atoms with Crippen LogP contribution in [0, 0.1) is 0 Å². The Morgan fingerprint density at radius 1 is 1.17 bits per heavy atom. The number of ether oxygens (including phenoxy) is 1. The minimum atomic E-state index is -0.132. The first-order valence-electron chi connectivity index (χ1n) is 6.61. The number of nitrogens with one attached hydrogen (secondary N) is 1. The Morgan fingerprint density at radius 2 is 1.83 bits per heavy atom. The fourth-order valence-electron chi connectivity index (χ4n) is 1.76. The summed E-state index contributed by atoms with van der Waals surface area (Å²) in [4.78, 5) is 10.9. The maximum Gasteiger partial charge on any atom is 0.305 e. The lowest BCUT2D eigenvalue weighted by atomic mass is 10.1. The van der Waals surface area contributed by atoms with Crippen LogP contribution in [0.3, 0.4) is 0 Å². The first-order valence-corrected chi connectivity index (χ1v) is 6.61. The molecule has 0 bridgehead atoms. The van der Waals surface area contributed by atoms with Gasteiger partial charge in [-0.2, -0.15) is 0 Å². The number of carbonyl (C=O) groups excluding carboxylic acids is 1. The van der Waals surface area contributed by atoms with Gasteiger partial charge < -0.3 is 10.1 Å². The molecule has 0 aliphatic rings. The summed E-state index contributed by atoms with van der Waals surface area (Å²) in [5.41, 5.74) is 2.73. The Hall–Kier alpha value is -1.35. The predicted molar refractivity (Wildman–Crippen MR) is 73.6 cm³/mol. The molecule has 1 rings (SSSR count). The summed E-state index contributed by atoms with van der Waals surface area (Å²) < 4.78 is 4.58. The van der Waals surface area contributed by atoms with Crippen molar-refractivity contribution in [2.75, 3.05) is 20.2 Å². The molecule has 0 amide bonds. The molecule has 1 aromatic carbocycles. The Balaban J connectivity index is 2.08. The average molecular weight is 249 g/mol. The second kappa shape index (κ2) is 8.70. The van der Waals surface area contributed by atoms with E-state index in [1.807, 2.05) is 0 Å². The molecule has 0 heterocycles. The van der Waals surface area contributed by atoms with E-state index in [1.54, 1.807) is 0 Å². The van der Waals surface area contributed by atoms with Crippen molar-refractivity contribution in [3.63, 3.8) is 0 Å². The minimum Gasteiger partial charge on any atom is -0.469 e. The van der Waals surface area contributed by atoms with E-state index in [1.165, 1.54) is 18.2 Å². The molecule has 0 saturated heterocycles. The van der Waals surface area contributed by atoms with Gasteiger partial charge in [-0.3, -0.25) is 4.79 Å². The second-order valence-electron chi connectivity index (χ2n) is 4.35. The molecular formula is C15H23NO2.